The Balaban J connectivity index is 1.15. The molecule has 162 valence electrons. The Hall–Kier alpha value is -2.30. The molecule has 0 spiro atoms. The summed E-state index contributed by atoms with van der Waals surface area (Å²) in [5.74, 6) is 1.43. The number of hydrogen-bond donors (Lipinski definition) is 0. The van der Waals surface area contributed by atoms with Crippen LogP contribution in [0.2, 0.25) is 0 Å². The van der Waals surface area contributed by atoms with Gasteiger partial charge < -0.3 is 14.7 Å². The quantitative estimate of drug-likeness (QED) is 0.697. The van der Waals surface area contributed by atoms with Gasteiger partial charge in [-0.3, -0.25) is 9.59 Å². The Kier molecular flexibility index (Phi) is 7.08. The molecule has 3 aliphatic rings. The Morgan fingerprint density at radius 3 is 2.23 bits per heavy atom. The summed E-state index contributed by atoms with van der Waals surface area (Å²) >= 11 is 0. The Morgan fingerprint density at radius 1 is 0.833 bits per heavy atom. The van der Waals surface area contributed by atoms with E-state index in [-0.39, 0.29) is 5.92 Å². The van der Waals surface area contributed by atoms with E-state index in [4.69, 9.17) is 0 Å². The van der Waals surface area contributed by atoms with Gasteiger partial charge in [0.15, 0.2) is 0 Å². The van der Waals surface area contributed by atoms with Gasteiger partial charge in [-0.05, 0) is 56.6 Å². The van der Waals surface area contributed by atoms with Crippen LogP contribution in [0.15, 0.2) is 42.5 Å². The van der Waals surface area contributed by atoms with Crippen LogP contribution >= 0.6 is 0 Å². The van der Waals surface area contributed by atoms with Crippen LogP contribution in [0.5, 0.6) is 0 Å². The third-order valence-corrected chi connectivity index (χ3v) is 7.06. The van der Waals surface area contributed by atoms with E-state index < -0.39 is 0 Å². The average Bonchev–Trinajstić information content (AvgIpc) is 2.83. The molecule has 0 aromatic heterocycles. The lowest BCUT2D eigenvalue weighted by Crippen LogP contribution is -2.49. The minimum absolute atomic E-state index is 0.197. The van der Waals surface area contributed by atoms with Gasteiger partial charge in [0.25, 0.3) is 0 Å². The molecule has 1 unspecified atom stereocenters. The van der Waals surface area contributed by atoms with Gasteiger partial charge in [-0.15, -0.1) is 0 Å². The molecular formula is C25H35N3O2. The smallest absolute Gasteiger partial charge is 0.226 e. The molecule has 0 bridgehead atoms. The second-order valence-electron chi connectivity index (χ2n) is 8.99. The molecule has 5 nitrogen and oxygen atoms in total. The highest BCUT2D eigenvalue weighted by molar-refractivity contribution is 5.79. The zero-order valence-corrected chi connectivity index (χ0v) is 18.0. The fraction of sp³-hybridized carbons (Fsp3) is 0.600. The first-order valence-electron chi connectivity index (χ1n) is 11.7. The fourth-order valence-electron chi connectivity index (χ4n) is 5.06. The number of piperidine rings is 1. The third kappa shape index (κ3) is 5.24. The second kappa shape index (κ2) is 10.1. The van der Waals surface area contributed by atoms with Crippen LogP contribution in [0.1, 0.15) is 44.9 Å². The normalized spacial score (nSPS) is 22.9. The van der Waals surface area contributed by atoms with Gasteiger partial charge in [0.1, 0.15) is 0 Å². The number of likely N-dealkylation sites (tertiary alicyclic amines) is 1. The third-order valence-electron chi connectivity index (χ3n) is 7.06. The van der Waals surface area contributed by atoms with E-state index in [1.165, 1.54) is 5.69 Å². The van der Waals surface area contributed by atoms with Crippen molar-refractivity contribution in [3.05, 3.63) is 42.5 Å². The SMILES string of the molecule is O=C(CCC1CCN(C(=O)C2CC=CCC2)CC1)N1CCN(c2ccccc2)CC1. The van der Waals surface area contributed by atoms with Crippen LogP contribution in [0.25, 0.3) is 0 Å². The predicted octanol–water partition coefficient (Wildman–Crippen LogP) is 3.71. The molecule has 2 amide bonds. The van der Waals surface area contributed by atoms with Crippen LogP contribution in [-0.4, -0.2) is 60.9 Å². The number of hydrogen-bond acceptors (Lipinski definition) is 3. The molecule has 30 heavy (non-hydrogen) atoms. The number of para-hydroxylation sites is 1. The van der Waals surface area contributed by atoms with Crippen molar-refractivity contribution >= 4 is 17.5 Å². The van der Waals surface area contributed by atoms with E-state index in [1.54, 1.807) is 0 Å². The zero-order chi connectivity index (χ0) is 20.8. The summed E-state index contributed by atoms with van der Waals surface area (Å²) in [5, 5.41) is 0. The first-order valence-corrected chi connectivity index (χ1v) is 11.7. The van der Waals surface area contributed by atoms with Crippen LogP contribution < -0.4 is 4.90 Å². The van der Waals surface area contributed by atoms with E-state index >= 15 is 0 Å². The molecule has 5 heteroatoms. The van der Waals surface area contributed by atoms with Gasteiger partial charge in [-0.1, -0.05) is 30.4 Å². The maximum atomic E-state index is 12.7. The van der Waals surface area contributed by atoms with Crippen molar-refractivity contribution in [1.29, 1.82) is 0 Å². The van der Waals surface area contributed by atoms with Gasteiger partial charge in [-0.2, -0.15) is 0 Å². The van der Waals surface area contributed by atoms with Crippen LogP contribution in [-0.2, 0) is 9.59 Å². The molecule has 4 rings (SSSR count). The highest BCUT2D eigenvalue weighted by Gasteiger charge is 2.29. The van der Waals surface area contributed by atoms with Crippen molar-refractivity contribution < 1.29 is 9.59 Å². The van der Waals surface area contributed by atoms with E-state index in [0.717, 1.165) is 77.8 Å². The lowest BCUT2D eigenvalue weighted by atomic mass is 9.89. The van der Waals surface area contributed by atoms with E-state index in [1.807, 2.05) is 11.0 Å². The molecule has 2 aliphatic heterocycles. The molecule has 1 aliphatic carbocycles. The van der Waals surface area contributed by atoms with Crippen molar-refractivity contribution in [1.82, 2.24) is 9.80 Å². The number of benzene rings is 1. The van der Waals surface area contributed by atoms with Crippen molar-refractivity contribution in [3.63, 3.8) is 0 Å². The molecule has 0 saturated carbocycles. The highest BCUT2D eigenvalue weighted by Crippen LogP contribution is 2.27. The molecule has 0 radical (unpaired) electrons. The van der Waals surface area contributed by atoms with Crippen molar-refractivity contribution in [2.75, 3.05) is 44.2 Å². The van der Waals surface area contributed by atoms with Crippen molar-refractivity contribution in [2.45, 2.75) is 44.9 Å². The van der Waals surface area contributed by atoms with Crippen LogP contribution in [0.4, 0.5) is 5.69 Å². The Morgan fingerprint density at radius 2 is 1.57 bits per heavy atom. The summed E-state index contributed by atoms with van der Waals surface area (Å²) in [5.41, 5.74) is 1.25. The highest BCUT2D eigenvalue weighted by atomic mass is 16.2. The Labute approximate surface area is 180 Å². The average molecular weight is 410 g/mol. The van der Waals surface area contributed by atoms with Gasteiger partial charge in [0.05, 0.1) is 0 Å². The number of allylic oxidation sites excluding steroid dienone is 2. The molecule has 2 heterocycles. The monoisotopic (exact) mass is 409 g/mol. The number of rotatable bonds is 5. The van der Waals surface area contributed by atoms with Gasteiger partial charge in [-0.25, -0.2) is 0 Å². The fourth-order valence-corrected chi connectivity index (χ4v) is 5.06. The molecule has 1 aromatic carbocycles. The van der Waals surface area contributed by atoms with Crippen molar-refractivity contribution in [3.8, 4) is 0 Å². The number of carbonyl (C=O) groups is 2. The predicted molar refractivity (Wildman–Crippen MR) is 120 cm³/mol. The largest absolute Gasteiger partial charge is 0.368 e. The number of nitrogens with zero attached hydrogens (tertiary/aromatic N) is 3. The summed E-state index contributed by atoms with van der Waals surface area (Å²) in [6.07, 6.45) is 11.0. The number of anilines is 1. The standard InChI is InChI=1S/C25H35N3O2/c29-24(27-19-17-26(18-20-27)23-9-5-2-6-10-23)12-11-21-13-15-28(16-14-21)25(30)22-7-3-1-4-8-22/h1-3,5-6,9-10,21-22H,4,7-8,11-20H2. The van der Waals surface area contributed by atoms with Crippen molar-refractivity contribution in [2.24, 2.45) is 11.8 Å². The summed E-state index contributed by atoms with van der Waals surface area (Å²) in [4.78, 5) is 31.9. The second-order valence-corrected chi connectivity index (χ2v) is 8.99. The molecular weight excluding hydrogens is 374 g/mol. The molecule has 2 fully saturated rings. The number of piperazine rings is 1. The number of amides is 2. The van der Waals surface area contributed by atoms with Crippen LogP contribution in [0, 0.1) is 11.8 Å². The van der Waals surface area contributed by atoms with Gasteiger partial charge >= 0.3 is 0 Å². The molecule has 1 aromatic rings. The molecule has 1 atom stereocenters. The van der Waals surface area contributed by atoms with Gasteiger partial charge in [0.2, 0.25) is 11.8 Å². The lowest BCUT2D eigenvalue weighted by Gasteiger charge is -2.37. The first-order chi connectivity index (χ1) is 14.7. The lowest BCUT2D eigenvalue weighted by molar-refractivity contribution is -0.137. The summed E-state index contributed by atoms with van der Waals surface area (Å²) in [6.45, 7) is 5.19. The molecule has 2 saturated heterocycles. The first kappa shape index (κ1) is 21.0. The maximum Gasteiger partial charge on any atom is 0.226 e. The number of carbonyl (C=O) groups excluding carboxylic acids is 2. The summed E-state index contributed by atoms with van der Waals surface area (Å²) < 4.78 is 0. The minimum Gasteiger partial charge on any atom is -0.368 e. The molecule has 0 N–H and O–H groups in total. The maximum absolute atomic E-state index is 12.7. The Bertz CT molecular complexity index is 732. The summed E-state index contributed by atoms with van der Waals surface area (Å²) in [7, 11) is 0. The minimum atomic E-state index is 0.197. The van der Waals surface area contributed by atoms with E-state index in [2.05, 4.69) is 46.2 Å². The summed E-state index contributed by atoms with van der Waals surface area (Å²) in [6, 6.07) is 10.5. The van der Waals surface area contributed by atoms with E-state index in [0.29, 0.717) is 24.2 Å². The zero-order valence-electron chi connectivity index (χ0n) is 18.0. The van der Waals surface area contributed by atoms with E-state index in [9.17, 15) is 9.59 Å². The van der Waals surface area contributed by atoms with Crippen LogP contribution in [0.3, 0.4) is 0 Å². The van der Waals surface area contributed by atoms with Gasteiger partial charge in [0, 0.05) is 57.3 Å². The topological polar surface area (TPSA) is 43.9 Å².